The standard InChI is InChI=1S/C15H19Cl2N3/c1-10(2)20-5-4-14(19-20)9-15(18-3)11-6-12(16)8-13(17)7-11/h4-8,10,15,18H,9H2,1-3H3. The van der Waals surface area contributed by atoms with Crippen molar-refractivity contribution in [1.82, 2.24) is 15.1 Å². The average molecular weight is 312 g/mol. The van der Waals surface area contributed by atoms with E-state index in [1.807, 2.05) is 30.1 Å². The van der Waals surface area contributed by atoms with Crippen LogP contribution < -0.4 is 5.32 Å². The van der Waals surface area contributed by atoms with Crippen molar-refractivity contribution >= 4 is 23.2 Å². The van der Waals surface area contributed by atoms with Gasteiger partial charge in [0.2, 0.25) is 0 Å². The van der Waals surface area contributed by atoms with Gasteiger partial charge >= 0.3 is 0 Å². The molecular formula is C15H19Cl2N3. The lowest BCUT2D eigenvalue weighted by Crippen LogP contribution is -2.19. The van der Waals surface area contributed by atoms with Crippen LogP contribution in [0, 0.1) is 0 Å². The highest BCUT2D eigenvalue weighted by molar-refractivity contribution is 6.34. The Bertz CT molecular complexity index is 558. The Hall–Kier alpha value is -1.03. The molecule has 3 nitrogen and oxygen atoms in total. The first-order valence-corrected chi connectivity index (χ1v) is 7.42. The van der Waals surface area contributed by atoms with Gasteiger partial charge in [0.15, 0.2) is 0 Å². The molecule has 5 heteroatoms. The van der Waals surface area contributed by atoms with E-state index in [2.05, 4.69) is 30.3 Å². The van der Waals surface area contributed by atoms with Crippen molar-refractivity contribution in [3.05, 3.63) is 51.8 Å². The summed E-state index contributed by atoms with van der Waals surface area (Å²) in [6.07, 6.45) is 2.81. The van der Waals surface area contributed by atoms with E-state index in [1.54, 1.807) is 6.07 Å². The molecule has 1 atom stereocenters. The van der Waals surface area contributed by atoms with Gasteiger partial charge < -0.3 is 5.32 Å². The first-order chi connectivity index (χ1) is 9.49. The first kappa shape index (κ1) is 15.4. The summed E-state index contributed by atoms with van der Waals surface area (Å²) in [7, 11) is 1.93. The van der Waals surface area contributed by atoms with Crippen molar-refractivity contribution in [1.29, 1.82) is 0 Å². The van der Waals surface area contributed by atoms with Crippen LogP contribution in [0.3, 0.4) is 0 Å². The van der Waals surface area contributed by atoms with E-state index in [-0.39, 0.29) is 6.04 Å². The number of hydrogen-bond donors (Lipinski definition) is 1. The van der Waals surface area contributed by atoms with Gasteiger partial charge in [0.1, 0.15) is 0 Å². The topological polar surface area (TPSA) is 29.9 Å². The minimum absolute atomic E-state index is 0.140. The fourth-order valence-electron chi connectivity index (χ4n) is 2.15. The quantitative estimate of drug-likeness (QED) is 0.893. The molecule has 108 valence electrons. The maximum atomic E-state index is 6.07. The van der Waals surface area contributed by atoms with Gasteiger partial charge in [0, 0.05) is 34.7 Å². The van der Waals surface area contributed by atoms with Crippen molar-refractivity contribution in [3.8, 4) is 0 Å². The Kier molecular flexibility index (Phi) is 5.08. The van der Waals surface area contributed by atoms with Crippen molar-refractivity contribution < 1.29 is 0 Å². The van der Waals surface area contributed by atoms with Crippen LogP contribution in [0.25, 0.3) is 0 Å². The van der Waals surface area contributed by atoms with E-state index in [0.717, 1.165) is 17.7 Å². The Balaban J connectivity index is 2.19. The molecule has 2 rings (SSSR count). The molecule has 0 radical (unpaired) electrons. The Morgan fingerprint density at radius 3 is 2.35 bits per heavy atom. The number of likely N-dealkylation sites (N-methyl/N-ethyl adjacent to an activating group) is 1. The molecule has 20 heavy (non-hydrogen) atoms. The van der Waals surface area contributed by atoms with E-state index < -0.39 is 0 Å². The van der Waals surface area contributed by atoms with Gasteiger partial charge in [-0.3, -0.25) is 4.68 Å². The zero-order valence-electron chi connectivity index (χ0n) is 11.9. The third-order valence-electron chi connectivity index (χ3n) is 3.24. The van der Waals surface area contributed by atoms with Crippen molar-refractivity contribution in [2.45, 2.75) is 32.4 Å². The summed E-state index contributed by atoms with van der Waals surface area (Å²) in [5, 5.41) is 9.18. The summed E-state index contributed by atoms with van der Waals surface area (Å²) in [4.78, 5) is 0. The normalized spacial score (nSPS) is 12.9. The lowest BCUT2D eigenvalue weighted by Gasteiger charge is -2.16. The molecule has 1 unspecified atom stereocenters. The van der Waals surface area contributed by atoms with Gasteiger partial charge in [0.25, 0.3) is 0 Å². The lowest BCUT2D eigenvalue weighted by atomic mass is 10.0. The summed E-state index contributed by atoms with van der Waals surface area (Å²) < 4.78 is 1.97. The Morgan fingerprint density at radius 1 is 1.20 bits per heavy atom. The molecule has 0 fully saturated rings. The minimum Gasteiger partial charge on any atom is -0.313 e. The molecule has 0 amide bonds. The Morgan fingerprint density at radius 2 is 1.85 bits per heavy atom. The summed E-state index contributed by atoms with van der Waals surface area (Å²) >= 11 is 12.1. The van der Waals surface area contributed by atoms with Gasteiger partial charge in [-0.1, -0.05) is 23.2 Å². The number of nitrogens with zero attached hydrogens (tertiary/aromatic N) is 2. The van der Waals surface area contributed by atoms with Crippen molar-refractivity contribution in [3.63, 3.8) is 0 Å². The number of rotatable bonds is 5. The van der Waals surface area contributed by atoms with Gasteiger partial charge in [-0.25, -0.2) is 0 Å². The molecule has 0 aliphatic carbocycles. The van der Waals surface area contributed by atoms with E-state index in [4.69, 9.17) is 23.2 Å². The van der Waals surface area contributed by atoms with Crippen LogP contribution in [0.15, 0.2) is 30.5 Å². The van der Waals surface area contributed by atoms with E-state index >= 15 is 0 Å². The summed E-state index contributed by atoms with van der Waals surface area (Å²) in [6.45, 7) is 4.23. The van der Waals surface area contributed by atoms with Gasteiger partial charge in [-0.15, -0.1) is 0 Å². The second-order valence-corrected chi connectivity index (χ2v) is 6.00. The molecule has 0 aliphatic rings. The third kappa shape index (κ3) is 3.75. The highest BCUT2D eigenvalue weighted by Gasteiger charge is 2.14. The summed E-state index contributed by atoms with van der Waals surface area (Å²) in [5.41, 5.74) is 2.12. The van der Waals surface area contributed by atoms with Crippen LogP contribution in [0.2, 0.25) is 10.0 Å². The maximum Gasteiger partial charge on any atom is 0.0643 e. The first-order valence-electron chi connectivity index (χ1n) is 6.67. The molecule has 1 heterocycles. The summed E-state index contributed by atoms with van der Waals surface area (Å²) in [6, 6.07) is 8.19. The molecule has 2 aromatic rings. The Labute approximate surface area is 129 Å². The molecule has 1 N–H and O–H groups in total. The van der Waals surface area contributed by atoms with Crippen molar-refractivity contribution in [2.24, 2.45) is 0 Å². The summed E-state index contributed by atoms with van der Waals surface area (Å²) in [5.74, 6) is 0. The predicted molar refractivity (Wildman–Crippen MR) is 84.6 cm³/mol. The fraction of sp³-hybridized carbons (Fsp3) is 0.400. The molecule has 1 aromatic carbocycles. The van der Waals surface area contributed by atoms with Crippen LogP contribution in [0.1, 0.15) is 37.2 Å². The van der Waals surface area contributed by atoms with Crippen LogP contribution >= 0.6 is 23.2 Å². The zero-order valence-corrected chi connectivity index (χ0v) is 13.4. The largest absolute Gasteiger partial charge is 0.313 e. The third-order valence-corrected chi connectivity index (χ3v) is 3.68. The van der Waals surface area contributed by atoms with Crippen LogP contribution in [-0.2, 0) is 6.42 Å². The van der Waals surface area contributed by atoms with Crippen molar-refractivity contribution in [2.75, 3.05) is 7.05 Å². The smallest absolute Gasteiger partial charge is 0.0643 e. The monoisotopic (exact) mass is 311 g/mol. The van der Waals surface area contributed by atoms with Gasteiger partial charge in [-0.05, 0) is 50.7 Å². The number of aromatic nitrogens is 2. The maximum absolute atomic E-state index is 6.07. The number of nitrogens with one attached hydrogen (secondary N) is 1. The molecular weight excluding hydrogens is 293 g/mol. The second kappa shape index (κ2) is 6.61. The highest BCUT2D eigenvalue weighted by Crippen LogP contribution is 2.25. The molecule has 0 aliphatic heterocycles. The fourth-order valence-corrected chi connectivity index (χ4v) is 2.69. The number of hydrogen-bond acceptors (Lipinski definition) is 2. The highest BCUT2D eigenvalue weighted by atomic mass is 35.5. The van der Waals surface area contributed by atoms with Crippen LogP contribution in [0.5, 0.6) is 0 Å². The molecule has 1 aromatic heterocycles. The van der Waals surface area contributed by atoms with E-state index in [1.165, 1.54) is 0 Å². The molecule has 0 bridgehead atoms. The average Bonchev–Trinajstić information content (AvgIpc) is 2.83. The van der Waals surface area contributed by atoms with Gasteiger partial charge in [-0.2, -0.15) is 5.10 Å². The molecule has 0 saturated carbocycles. The lowest BCUT2D eigenvalue weighted by molar-refractivity contribution is 0.515. The van der Waals surface area contributed by atoms with E-state index in [0.29, 0.717) is 16.1 Å². The number of halogens is 2. The second-order valence-electron chi connectivity index (χ2n) is 5.13. The van der Waals surface area contributed by atoms with Crippen LogP contribution in [0.4, 0.5) is 0 Å². The molecule has 0 spiro atoms. The SMILES string of the molecule is CNC(Cc1ccn(C(C)C)n1)c1cc(Cl)cc(Cl)c1. The molecule has 0 saturated heterocycles. The minimum atomic E-state index is 0.140. The number of benzene rings is 1. The van der Waals surface area contributed by atoms with E-state index in [9.17, 15) is 0 Å². The predicted octanol–water partition coefficient (Wildman–Crippen LogP) is 4.27. The van der Waals surface area contributed by atoms with Crippen LogP contribution in [-0.4, -0.2) is 16.8 Å². The zero-order chi connectivity index (χ0) is 14.7. The van der Waals surface area contributed by atoms with Gasteiger partial charge in [0.05, 0.1) is 5.69 Å².